The van der Waals surface area contributed by atoms with Crippen LogP contribution in [0.2, 0.25) is 5.15 Å². The van der Waals surface area contributed by atoms with Crippen molar-refractivity contribution >= 4 is 17.5 Å². The molecule has 6 nitrogen and oxygen atoms in total. The topological polar surface area (TPSA) is 72.1 Å². The lowest BCUT2D eigenvalue weighted by atomic mass is 10.1. The fourth-order valence-corrected chi connectivity index (χ4v) is 3.44. The molecule has 3 aromatic rings. The SMILES string of the molecule is Cc1cccc(-c2noc([C@@H]3CCCN3C(=O)c3cccnc3Cl)n2)c1. The van der Waals surface area contributed by atoms with Crippen molar-refractivity contribution in [3.63, 3.8) is 0 Å². The standard InChI is InChI=1S/C19H17ClN4O2/c1-12-5-2-6-13(11-12)17-22-18(26-23-17)15-8-4-10-24(15)19(25)14-7-3-9-21-16(14)20/h2-3,5-7,9,11,15H,4,8,10H2,1H3/t15-/m0/s1. The molecule has 1 aliphatic heterocycles. The van der Waals surface area contributed by atoms with E-state index >= 15 is 0 Å². The number of aryl methyl sites for hydroxylation is 1. The molecule has 1 saturated heterocycles. The zero-order valence-electron chi connectivity index (χ0n) is 14.2. The lowest BCUT2D eigenvalue weighted by Crippen LogP contribution is -2.31. The number of benzene rings is 1. The molecule has 0 saturated carbocycles. The summed E-state index contributed by atoms with van der Waals surface area (Å²) in [5.74, 6) is 0.815. The zero-order valence-corrected chi connectivity index (χ0v) is 15.0. The van der Waals surface area contributed by atoms with Crippen molar-refractivity contribution in [2.75, 3.05) is 6.54 Å². The first-order chi connectivity index (χ1) is 12.6. The van der Waals surface area contributed by atoms with Gasteiger partial charge in [-0.2, -0.15) is 4.98 Å². The number of hydrogen-bond donors (Lipinski definition) is 0. The molecule has 7 heteroatoms. The molecule has 1 amide bonds. The number of rotatable bonds is 3. The largest absolute Gasteiger partial charge is 0.337 e. The molecule has 0 bridgehead atoms. The van der Waals surface area contributed by atoms with Crippen molar-refractivity contribution < 1.29 is 9.32 Å². The molecular formula is C19H17ClN4O2. The van der Waals surface area contributed by atoms with Gasteiger partial charge in [0.1, 0.15) is 11.2 Å². The number of carbonyl (C=O) groups excluding carboxylic acids is 1. The summed E-state index contributed by atoms with van der Waals surface area (Å²) >= 11 is 6.08. The number of likely N-dealkylation sites (tertiary alicyclic amines) is 1. The summed E-state index contributed by atoms with van der Waals surface area (Å²) in [6.07, 6.45) is 3.21. The van der Waals surface area contributed by atoms with Gasteiger partial charge in [0.25, 0.3) is 5.91 Å². The van der Waals surface area contributed by atoms with Crippen LogP contribution in [-0.2, 0) is 0 Å². The molecule has 4 rings (SSSR count). The van der Waals surface area contributed by atoms with E-state index in [1.165, 1.54) is 0 Å². The summed E-state index contributed by atoms with van der Waals surface area (Å²) in [6, 6.07) is 11.0. The van der Waals surface area contributed by atoms with Crippen molar-refractivity contribution in [2.45, 2.75) is 25.8 Å². The van der Waals surface area contributed by atoms with E-state index in [0.717, 1.165) is 24.0 Å². The Morgan fingerprint density at radius 2 is 2.19 bits per heavy atom. The number of hydrogen-bond acceptors (Lipinski definition) is 5. The van der Waals surface area contributed by atoms with Gasteiger partial charge in [0.05, 0.1) is 5.56 Å². The quantitative estimate of drug-likeness (QED) is 0.651. The third-order valence-electron chi connectivity index (χ3n) is 4.51. The Balaban J connectivity index is 1.61. The first-order valence-electron chi connectivity index (χ1n) is 8.45. The van der Waals surface area contributed by atoms with E-state index < -0.39 is 0 Å². The van der Waals surface area contributed by atoms with E-state index in [1.54, 1.807) is 23.2 Å². The molecule has 2 aromatic heterocycles. The third-order valence-corrected chi connectivity index (χ3v) is 4.81. The average Bonchev–Trinajstić information content (AvgIpc) is 3.31. The maximum Gasteiger partial charge on any atom is 0.257 e. The molecule has 0 spiro atoms. The number of carbonyl (C=O) groups is 1. The Labute approximate surface area is 155 Å². The van der Waals surface area contributed by atoms with Crippen LogP contribution >= 0.6 is 11.6 Å². The Hall–Kier alpha value is -2.73. The minimum absolute atomic E-state index is 0.166. The summed E-state index contributed by atoms with van der Waals surface area (Å²) in [5.41, 5.74) is 2.41. The zero-order chi connectivity index (χ0) is 18.1. The average molecular weight is 369 g/mol. The van der Waals surface area contributed by atoms with Crippen LogP contribution in [0.25, 0.3) is 11.4 Å². The van der Waals surface area contributed by atoms with Crippen molar-refractivity contribution in [3.05, 3.63) is 64.8 Å². The highest BCUT2D eigenvalue weighted by atomic mass is 35.5. The van der Waals surface area contributed by atoms with Crippen LogP contribution in [0, 0.1) is 6.92 Å². The highest BCUT2D eigenvalue weighted by Gasteiger charge is 2.35. The fourth-order valence-electron chi connectivity index (χ4n) is 3.24. The molecular weight excluding hydrogens is 352 g/mol. The molecule has 1 atom stereocenters. The van der Waals surface area contributed by atoms with Gasteiger partial charge in [0, 0.05) is 18.3 Å². The maximum atomic E-state index is 12.9. The highest BCUT2D eigenvalue weighted by Crippen LogP contribution is 2.34. The van der Waals surface area contributed by atoms with E-state index in [0.29, 0.717) is 23.8 Å². The smallest absolute Gasteiger partial charge is 0.257 e. The van der Waals surface area contributed by atoms with E-state index in [-0.39, 0.29) is 17.1 Å². The van der Waals surface area contributed by atoms with Crippen LogP contribution in [0.15, 0.2) is 47.1 Å². The normalized spacial score (nSPS) is 16.8. The Morgan fingerprint density at radius 3 is 3.00 bits per heavy atom. The molecule has 0 N–H and O–H groups in total. The predicted molar refractivity (Wildman–Crippen MR) is 96.7 cm³/mol. The second-order valence-electron chi connectivity index (χ2n) is 6.32. The lowest BCUT2D eigenvalue weighted by molar-refractivity contribution is 0.0710. The highest BCUT2D eigenvalue weighted by molar-refractivity contribution is 6.32. The van der Waals surface area contributed by atoms with E-state index in [9.17, 15) is 4.79 Å². The van der Waals surface area contributed by atoms with E-state index in [1.807, 2.05) is 31.2 Å². The second kappa shape index (κ2) is 6.88. The van der Waals surface area contributed by atoms with Gasteiger partial charge in [0.15, 0.2) is 0 Å². The summed E-state index contributed by atoms with van der Waals surface area (Å²) < 4.78 is 5.49. The Morgan fingerprint density at radius 1 is 1.31 bits per heavy atom. The van der Waals surface area contributed by atoms with Gasteiger partial charge in [-0.1, -0.05) is 40.5 Å². The van der Waals surface area contributed by atoms with Crippen LogP contribution in [0.4, 0.5) is 0 Å². The molecule has 3 heterocycles. The predicted octanol–water partition coefficient (Wildman–Crippen LogP) is 4.07. The van der Waals surface area contributed by atoms with Crippen molar-refractivity contribution in [1.82, 2.24) is 20.0 Å². The summed E-state index contributed by atoms with van der Waals surface area (Å²) in [7, 11) is 0. The third kappa shape index (κ3) is 3.08. The van der Waals surface area contributed by atoms with Crippen molar-refractivity contribution in [1.29, 1.82) is 0 Å². The van der Waals surface area contributed by atoms with Gasteiger partial charge in [-0.3, -0.25) is 4.79 Å². The summed E-state index contributed by atoms with van der Waals surface area (Å²) in [6.45, 7) is 2.64. The molecule has 0 unspecified atom stereocenters. The van der Waals surface area contributed by atoms with Crippen molar-refractivity contribution in [3.8, 4) is 11.4 Å². The molecule has 26 heavy (non-hydrogen) atoms. The number of pyridine rings is 1. The van der Waals surface area contributed by atoms with E-state index in [4.69, 9.17) is 16.1 Å². The first kappa shape index (κ1) is 16.7. The van der Waals surface area contributed by atoms with Crippen LogP contribution < -0.4 is 0 Å². The molecule has 0 aliphatic carbocycles. The van der Waals surface area contributed by atoms with Gasteiger partial charge in [-0.15, -0.1) is 0 Å². The number of amides is 1. The molecule has 132 valence electrons. The monoisotopic (exact) mass is 368 g/mol. The Kier molecular flexibility index (Phi) is 4.42. The van der Waals surface area contributed by atoms with Crippen LogP contribution in [-0.4, -0.2) is 32.5 Å². The maximum absolute atomic E-state index is 12.9. The molecule has 0 radical (unpaired) electrons. The number of aromatic nitrogens is 3. The van der Waals surface area contributed by atoms with Crippen LogP contribution in [0.5, 0.6) is 0 Å². The summed E-state index contributed by atoms with van der Waals surface area (Å²) in [4.78, 5) is 23.1. The minimum atomic E-state index is -0.246. The van der Waals surface area contributed by atoms with Gasteiger partial charge in [-0.05, 0) is 38.0 Å². The summed E-state index contributed by atoms with van der Waals surface area (Å²) in [5, 5.41) is 4.30. The van der Waals surface area contributed by atoms with Crippen molar-refractivity contribution in [2.24, 2.45) is 0 Å². The van der Waals surface area contributed by atoms with Gasteiger partial charge < -0.3 is 9.42 Å². The van der Waals surface area contributed by atoms with Gasteiger partial charge >= 0.3 is 0 Å². The van der Waals surface area contributed by atoms with Crippen LogP contribution in [0.3, 0.4) is 0 Å². The number of halogens is 1. The van der Waals surface area contributed by atoms with Gasteiger partial charge in [0.2, 0.25) is 11.7 Å². The lowest BCUT2D eigenvalue weighted by Gasteiger charge is -2.22. The fraction of sp³-hybridized carbons (Fsp3) is 0.263. The first-order valence-corrected chi connectivity index (χ1v) is 8.83. The minimum Gasteiger partial charge on any atom is -0.337 e. The van der Waals surface area contributed by atoms with Crippen LogP contribution in [0.1, 0.15) is 40.7 Å². The molecule has 1 fully saturated rings. The van der Waals surface area contributed by atoms with Gasteiger partial charge in [-0.25, -0.2) is 4.98 Å². The van der Waals surface area contributed by atoms with E-state index in [2.05, 4.69) is 15.1 Å². The second-order valence-corrected chi connectivity index (χ2v) is 6.68. The molecule has 1 aliphatic rings. The molecule has 1 aromatic carbocycles. The number of nitrogens with zero attached hydrogens (tertiary/aromatic N) is 4. The Bertz CT molecular complexity index is 956.